The van der Waals surface area contributed by atoms with Crippen LogP contribution in [0.5, 0.6) is 0 Å². The number of hydrogen-bond acceptors (Lipinski definition) is 5. The molecule has 32 heavy (non-hydrogen) atoms. The molecule has 0 aliphatic rings. The molecule has 4 rings (SSSR count). The molecule has 162 valence electrons. The highest BCUT2D eigenvalue weighted by Crippen LogP contribution is 2.32. The monoisotopic (exact) mass is 483 g/mol. The summed E-state index contributed by atoms with van der Waals surface area (Å²) >= 11 is 13.5. The zero-order chi connectivity index (χ0) is 22.7. The highest BCUT2D eigenvalue weighted by atomic mass is 35.5. The summed E-state index contributed by atoms with van der Waals surface area (Å²) < 4.78 is 1.31. The number of thioether (sulfide) groups is 1. The van der Waals surface area contributed by atoms with E-state index in [4.69, 9.17) is 29.0 Å². The number of carbonyl (C=O) groups is 1. The first-order valence-corrected chi connectivity index (χ1v) is 11.4. The van der Waals surface area contributed by atoms with Crippen LogP contribution in [0.4, 0.5) is 5.69 Å². The van der Waals surface area contributed by atoms with Gasteiger partial charge in [0, 0.05) is 21.8 Å². The van der Waals surface area contributed by atoms with Crippen molar-refractivity contribution in [2.24, 2.45) is 0 Å². The molecule has 1 heterocycles. The molecule has 1 unspecified atom stereocenters. The van der Waals surface area contributed by atoms with E-state index >= 15 is 0 Å². The van der Waals surface area contributed by atoms with Crippen LogP contribution < -0.4 is 11.2 Å². The SMILES string of the molecule is CC(Sc1nnc(-c2cc(Cl)ccc2Cl)n1N)C(=O)Nc1ccccc1-c1ccccc1. The van der Waals surface area contributed by atoms with Crippen LogP contribution in [0.15, 0.2) is 78.0 Å². The minimum atomic E-state index is -0.479. The number of aromatic nitrogens is 3. The predicted molar refractivity (Wildman–Crippen MR) is 131 cm³/mol. The summed E-state index contributed by atoms with van der Waals surface area (Å²) in [5.41, 5.74) is 3.26. The summed E-state index contributed by atoms with van der Waals surface area (Å²) in [5, 5.41) is 12.1. The molecule has 0 saturated heterocycles. The van der Waals surface area contributed by atoms with Crippen LogP contribution in [-0.4, -0.2) is 26.0 Å². The number of halogens is 2. The number of para-hydroxylation sites is 1. The molecule has 0 aliphatic carbocycles. The summed E-state index contributed by atoms with van der Waals surface area (Å²) in [4.78, 5) is 12.9. The standard InChI is InChI=1S/C23H19Cl2N5OS/c1-14(22(31)27-20-10-6-5-9-17(20)15-7-3-2-4-8-15)32-23-29-28-21(30(23)26)18-13-16(24)11-12-19(18)25/h2-14H,26H2,1H3,(H,27,31). The van der Waals surface area contributed by atoms with Gasteiger partial charge in [-0.2, -0.15) is 0 Å². The third-order valence-corrected chi connectivity index (χ3v) is 6.38. The number of rotatable bonds is 6. The zero-order valence-electron chi connectivity index (χ0n) is 17.0. The summed E-state index contributed by atoms with van der Waals surface area (Å²) in [7, 11) is 0. The van der Waals surface area contributed by atoms with Gasteiger partial charge >= 0.3 is 0 Å². The van der Waals surface area contributed by atoms with E-state index in [1.54, 1.807) is 25.1 Å². The van der Waals surface area contributed by atoms with Crippen LogP contribution in [0, 0.1) is 0 Å². The summed E-state index contributed by atoms with van der Waals surface area (Å²) in [5.74, 6) is 6.38. The molecule has 9 heteroatoms. The number of nitrogens with one attached hydrogen (secondary N) is 1. The van der Waals surface area contributed by atoms with Gasteiger partial charge in [0.05, 0.1) is 10.3 Å². The van der Waals surface area contributed by atoms with Crippen LogP contribution in [-0.2, 0) is 4.79 Å². The Morgan fingerprint density at radius 1 is 1.00 bits per heavy atom. The van der Waals surface area contributed by atoms with Gasteiger partial charge in [0.25, 0.3) is 0 Å². The Balaban J connectivity index is 1.51. The summed E-state index contributed by atoms with van der Waals surface area (Å²) in [6.07, 6.45) is 0. The molecule has 0 radical (unpaired) electrons. The number of nitrogen functional groups attached to an aromatic ring is 1. The fraction of sp³-hybridized carbons (Fsp3) is 0.0870. The normalized spacial score (nSPS) is 11.8. The average Bonchev–Trinajstić information content (AvgIpc) is 3.16. The third-order valence-electron chi connectivity index (χ3n) is 4.75. The van der Waals surface area contributed by atoms with E-state index < -0.39 is 5.25 Å². The van der Waals surface area contributed by atoms with E-state index in [-0.39, 0.29) is 5.91 Å². The maximum atomic E-state index is 12.9. The summed E-state index contributed by atoms with van der Waals surface area (Å²) in [6, 6.07) is 22.6. The van der Waals surface area contributed by atoms with Crippen LogP contribution in [0.3, 0.4) is 0 Å². The molecule has 4 aromatic rings. The lowest BCUT2D eigenvalue weighted by Crippen LogP contribution is -2.24. The molecule has 3 N–H and O–H groups in total. The van der Waals surface area contributed by atoms with Gasteiger partial charge in [0.15, 0.2) is 5.82 Å². The second-order valence-corrected chi connectivity index (χ2v) is 9.11. The van der Waals surface area contributed by atoms with E-state index in [0.717, 1.165) is 16.8 Å². The van der Waals surface area contributed by atoms with E-state index in [0.29, 0.717) is 26.6 Å². The lowest BCUT2D eigenvalue weighted by atomic mass is 10.0. The Morgan fingerprint density at radius 3 is 2.50 bits per heavy atom. The van der Waals surface area contributed by atoms with Crippen molar-refractivity contribution in [3.63, 3.8) is 0 Å². The Hall–Kier alpha value is -3.00. The lowest BCUT2D eigenvalue weighted by Gasteiger charge is -2.14. The van der Waals surface area contributed by atoms with Gasteiger partial charge in [-0.3, -0.25) is 4.79 Å². The van der Waals surface area contributed by atoms with Crippen LogP contribution in [0.2, 0.25) is 10.0 Å². The molecule has 0 aliphatic heterocycles. The van der Waals surface area contributed by atoms with Gasteiger partial charge in [-0.1, -0.05) is 83.5 Å². The molecular weight excluding hydrogens is 465 g/mol. The van der Waals surface area contributed by atoms with Crippen molar-refractivity contribution in [3.8, 4) is 22.5 Å². The molecule has 0 spiro atoms. The van der Waals surface area contributed by atoms with E-state index in [2.05, 4.69) is 15.5 Å². The van der Waals surface area contributed by atoms with Gasteiger partial charge in [-0.05, 0) is 36.8 Å². The van der Waals surface area contributed by atoms with E-state index in [1.807, 2.05) is 54.6 Å². The molecule has 1 amide bonds. The second kappa shape index (κ2) is 9.65. The number of benzene rings is 3. The number of carbonyl (C=O) groups excluding carboxylic acids is 1. The number of nitrogens with two attached hydrogens (primary N) is 1. The Labute approximate surface area is 199 Å². The van der Waals surface area contributed by atoms with E-state index in [9.17, 15) is 4.79 Å². The highest BCUT2D eigenvalue weighted by molar-refractivity contribution is 8.00. The molecule has 1 atom stereocenters. The molecule has 3 aromatic carbocycles. The predicted octanol–water partition coefficient (Wildman–Crippen LogP) is 5.75. The van der Waals surface area contributed by atoms with Gasteiger partial charge in [-0.25, -0.2) is 4.68 Å². The molecule has 0 fully saturated rings. The topological polar surface area (TPSA) is 85.8 Å². The molecule has 0 saturated carbocycles. The van der Waals surface area contributed by atoms with Crippen molar-refractivity contribution in [2.75, 3.05) is 11.2 Å². The van der Waals surface area contributed by atoms with Crippen molar-refractivity contribution in [3.05, 3.63) is 82.8 Å². The van der Waals surface area contributed by atoms with Crippen LogP contribution in [0.25, 0.3) is 22.5 Å². The first-order valence-electron chi connectivity index (χ1n) is 9.72. The van der Waals surface area contributed by atoms with Gasteiger partial charge in [0.1, 0.15) is 0 Å². The largest absolute Gasteiger partial charge is 0.335 e. The fourth-order valence-electron chi connectivity index (χ4n) is 3.12. The van der Waals surface area contributed by atoms with Crippen molar-refractivity contribution in [1.82, 2.24) is 14.9 Å². The van der Waals surface area contributed by atoms with Gasteiger partial charge in [0.2, 0.25) is 11.1 Å². The number of nitrogens with zero attached hydrogens (tertiary/aromatic N) is 3. The van der Waals surface area contributed by atoms with Crippen molar-refractivity contribution >= 4 is 46.6 Å². The molecule has 1 aromatic heterocycles. The maximum absolute atomic E-state index is 12.9. The minimum Gasteiger partial charge on any atom is -0.335 e. The van der Waals surface area contributed by atoms with Gasteiger partial charge < -0.3 is 11.2 Å². The third kappa shape index (κ3) is 4.75. The number of amides is 1. The second-order valence-electron chi connectivity index (χ2n) is 6.96. The average molecular weight is 484 g/mol. The Kier molecular flexibility index (Phi) is 6.69. The van der Waals surface area contributed by atoms with Crippen molar-refractivity contribution in [1.29, 1.82) is 0 Å². The summed E-state index contributed by atoms with van der Waals surface area (Å²) in [6.45, 7) is 1.78. The maximum Gasteiger partial charge on any atom is 0.237 e. The molecular formula is C23H19Cl2N5OS. The smallest absolute Gasteiger partial charge is 0.237 e. The molecule has 6 nitrogen and oxygen atoms in total. The van der Waals surface area contributed by atoms with Crippen molar-refractivity contribution < 1.29 is 4.79 Å². The number of hydrogen-bond donors (Lipinski definition) is 2. The van der Waals surface area contributed by atoms with Gasteiger partial charge in [-0.15, -0.1) is 10.2 Å². The zero-order valence-corrected chi connectivity index (χ0v) is 19.3. The molecule has 0 bridgehead atoms. The number of anilines is 1. The Morgan fingerprint density at radius 2 is 1.72 bits per heavy atom. The van der Waals surface area contributed by atoms with Crippen LogP contribution in [0.1, 0.15) is 6.92 Å². The van der Waals surface area contributed by atoms with Crippen LogP contribution >= 0.6 is 35.0 Å². The quantitative estimate of drug-likeness (QED) is 0.269. The highest BCUT2D eigenvalue weighted by Gasteiger charge is 2.22. The minimum absolute atomic E-state index is 0.177. The first-order chi connectivity index (χ1) is 15.4. The fourth-order valence-corrected chi connectivity index (χ4v) is 4.26. The lowest BCUT2D eigenvalue weighted by molar-refractivity contribution is -0.115. The van der Waals surface area contributed by atoms with E-state index in [1.165, 1.54) is 16.4 Å². The first kappa shape index (κ1) is 22.2. The Bertz CT molecular complexity index is 1260. The van der Waals surface area contributed by atoms with Crippen molar-refractivity contribution in [2.45, 2.75) is 17.3 Å².